The number of H-pyrrole nitrogens is 1. The first kappa shape index (κ1) is 25.2. The van der Waals surface area contributed by atoms with Crippen molar-refractivity contribution >= 4 is 0 Å². The number of pyridine rings is 3. The molecule has 0 radical (unpaired) electrons. The first-order chi connectivity index (χ1) is 16.7. The van der Waals surface area contributed by atoms with Crippen molar-refractivity contribution < 1.29 is 35.1 Å². The molecule has 1 N–H and O–H groups in total. The molecule has 36 heavy (non-hydrogen) atoms. The second-order valence-corrected chi connectivity index (χ2v) is 8.22. The lowest BCUT2D eigenvalue weighted by Crippen LogP contribution is -2.22. The van der Waals surface area contributed by atoms with Gasteiger partial charge in [-0.2, -0.15) is 40.1 Å². The maximum atomic E-state index is 14.2. The summed E-state index contributed by atoms with van der Waals surface area (Å²) in [5.74, 6) is -3.91. The molecule has 13 heteroatoms. The fraction of sp³-hybridized carbons (Fsp3) is 0.217. The van der Waals surface area contributed by atoms with Crippen molar-refractivity contribution in [1.82, 2.24) is 24.9 Å². The number of imidazole rings is 1. The van der Waals surface area contributed by atoms with Crippen LogP contribution in [0.1, 0.15) is 36.8 Å². The molecule has 0 amide bonds. The van der Waals surface area contributed by atoms with Crippen molar-refractivity contribution in [1.29, 1.82) is 0 Å². The number of aromatic nitrogens is 5. The predicted octanol–water partition coefficient (Wildman–Crippen LogP) is 6.57. The molecule has 0 spiro atoms. The maximum Gasteiger partial charge on any atom is 0.449 e. The summed E-state index contributed by atoms with van der Waals surface area (Å²) in [5, 5.41) is 0. The third-order valence-corrected chi connectivity index (χ3v) is 5.37. The lowest BCUT2D eigenvalue weighted by molar-refractivity contribution is -0.149. The third-order valence-electron chi connectivity index (χ3n) is 5.37. The SMILES string of the molecule is CC(C)(c1cccc(-c2ccc(F)nc2F)n1)c1cccc(-c2nc(C(F)(F)F)[nH]c2C(F)(F)F)n1. The zero-order valence-corrected chi connectivity index (χ0v) is 18.4. The maximum absolute atomic E-state index is 14.2. The van der Waals surface area contributed by atoms with E-state index in [0.717, 1.165) is 18.2 Å². The van der Waals surface area contributed by atoms with Crippen LogP contribution in [-0.2, 0) is 17.8 Å². The first-order valence-corrected chi connectivity index (χ1v) is 10.2. The van der Waals surface area contributed by atoms with E-state index in [-0.39, 0.29) is 17.0 Å². The van der Waals surface area contributed by atoms with Crippen LogP contribution in [-0.4, -0.2) is 24.9 Å². The summed E-state index contributed by atoms with van der Waals surface area (Å²) in [5.41, 5.74) is -3.73. The molecular formula is C23H15F8N5. The fourth-order valence-electron chi connectivity index (χ4n) is 3.48. The predicted molar refractivity (Wildman–Crippen MR) is 111 cm³/mol. The second kappa shape index (κ2) is 8.64. The molecule has 4 heterocycles. The van der Waals surface area contributed by atoms with Crippen LogP contribution < -0.4 is 0 Å². The van der Waals surface area contributed by atoms with Crippen LogP contribution >= 0.6 is 0 Å². The number of rotatable bonds is 4. The lowest BCUT2D eigenvalue weighted by Gasteiger charge is -2.24. The van der Waals surface area contributed by atoms with Crippen molar-refractivity contribution in [2.75, 3.05) is 0 Å². The second-order valence-electron chi connectivity index (χ2n) is 8.22. The van der Waals surface area contributed by atoms with E-state index >= 15 is 0 Å². The van der Waals surface area contributed by atoms with Gasteiger partial charge in [0.1, 0.15) is 5.69 Å². The highest BCUT2D eigenvalue weighted by Crippen LogP contribution is 2.39. The van der Waals surface area contributed by atoms with Crippen molar-refractivity contribution in [3.63, 3.8) is 0 Å². The fourth-order valence-corrected chi connectivity index (χ4v) is 3.48. The topological polar surface area (TPSA) is 67.3 Å². The van der Waals surface area contributed by atoms with Gasteiger partial charge in [0, 0.05) is 5.41 Å². The molecule has 188 valence electrons. The van der Waals surface area contributed by atoms with Gasteiger partial charge >= 0.3 is 12.4 Å². The monoisotopic (exact) mass is 513 g/mol. The van der Waals surface area contributed by atoms with Gasteiger partial charge in [-0.25, -0.2) is 4.98 Å². The minimum Gasteiger partial charge on any atom is -0.330 e. The number of nitrogens with one attached hydrogen (secondary N) is 1. The minimum absolute atomic E-state index is 0.0817. The molecule has 0 atom stereocenters. The van der Waals surface area contributed by atoms with E-state index < -0.39 is 52.6 Å². The number of alkyl halides is 6. The van der Waals surface area contributed by atoms with Crippen LogP contribution in [0.15, 0.2) is 48.5 Å². The van der Waals surface area contributed by atoms with Crippen molar-refractivity contribution in [2.45, 2.75) is 31.6 Å². The highest BCUT2D eigenvalue weighted by Gasteiger charge is 2.43. The number of hydrogen-bond acceptors (Lipinski definition) is 4. The highest BCUT2D eigenvalue weighted by molar-refractivity contribution is 5.61. The molecule has 5 nitrogen and oxygen atoms in total. The van der Waals surface area contributed by atoms with Gasteiger partial charge in [-0.3, -0.25) is 9.97 Å². The summed E-state index contributed by atoms with van der Waals surface area (Å²) in [6, 6.07) is 10.6. The molecule has 0 aliphatic carbocycles. The number of halogens is 8. The minimum atomic E-state index is -5.15. The van der Waals surface area contributed by atoms with E-state index in [1.54, 1.807) is 19.9 Å². The Morgan fingerprint density at radius 2 is 1.25 bits per heavy atom. The van der Waals surface area contributed by atoms with E-state index in [9.17, 15) is 35.1 Å². The molecule has 0 bridgehead atoms. The highest BCUT2D eigenvalue weighted by atomic mass is 19.4. The van der Waals surface area contributed by atoms with Crippen LogP contribution in [0.3, 0.4) is 0 Å². The van der Waals surface area contributed by atoms with Gasteiger partial charge < -0.3 is 4.98 Å². The molecule has 0 aliphatic heterocycles. The summed E-state index contributed by atoms with van der Waals surface area (Å²) < 4.78 is 107. The van der Waals surface area contributed by atoms with E-state index in [2.05, 4.69) is 19.9 Å². The van der Waals surface area contributed by atoms with Gasteiger partial charge in [-0.1, -0.05) is 12.1 Å². The van der Waals surface area contributed by atoms with Crippen LogP contribution in [0.4, 0.5) is 35.1 Å². The Labute approximate surface area is 198 Å². The molecule has 0 aliphatic rings. The van der Waals surface area contributed by atoms with Crippen molar-refractivity contribution in [3.05, 3.63) is 83.3 Å². The molecular weight excluding hydrogens is 498 g/mol. The summed E-state index contributed by atoms with van der Waals surface area (Å²) in [7, 11) is 0. The number of aromatic amines is 1. The van der Waals surface area contributed by atoms with Crippen LogP contribution in [0, 0.1) is 11.9 Å². The van der Waals surface area contributed by atoms with Gasteiger partial charge in [0.15, 0.2) is 5.69 Å². The Morgan fingerprint density at radius 1 is 0.667 bits per heavy atom. The van der Waals surface area contributed by atoms with Gasteiger partial charge in [0.05, 0.1) is 28.3 Å². The normalized spacial score (nSPS) is 12.7. The zero-order valence-electron chi connectivity index (χ0n) is 18.4. The Hall–Kier alpha value is -3.90. The first-order valence-electron chi connectivity index (χ1n) is 10.2. The Bertz CT molecular complexity index is 1420. The summed E-state index contributed by atoms with van der Waals surface area (Å²) in [6.07, 6.45) is -10.3. The van der Waals surface area contributed by atoms with Crippen molar-refractivity contribution in [2.24, 2.45) is 0 Å². The third kappa shape index (κ3) is 4.77. The molecule has 0 aromatic carbocycles. The average Bonchev–Trinajstić information content (AvgIpc) is 3.26. The number of hydrogen-bond donors (Lipinski definition) is 1. The molecule has 0 saturated heterocycles. The number of nitrogens with zero attached hydrogens (tertiary/aromatic N) is 4. The Morgan fingerprint density at radius 3 is 1.81 bits per heavy atom. The van der Waals surface area contributed by atoms with Crippen LogP contribution in [0.2, 0.25) is 0 Å². The molecule has 4 rings (SSSR count). The molecule has 0 saturated carbocycles. The lowest BCUT2D eigenvalue weighted by atomic mass is 9.84. The van der Waals surface area contributed by atoms with Gasteiger partial charge in [-0.05, 0) is 50.2 Å². The Kier molecular flexibility index (Phi) is 6.05. The van der Waals surface area contributed by atoms with Crippen LogP contribution in [0.25, 0.3) is 22.6 Å². The molecule has 4 aromatic heterocycles. The van der Waals surface area contributed by atoms with E-state index in [0.29, 0.717) is 5.69 Å². The molecule has 4 aromatic rings. The Balaban J connectivity index is 1.79. The van der Waals surface area contributed by atoms with Gasteiger partial charge in [0.2, 0.25) is 17.7 Å². The smallest absolute Gasteiger partial charge is 0.330 e. The molecule has 0 fully saturated rings. The largest absolute Gasteiger partial charge is 0.449 e. The zero-order chi connectivity index (χ0) is 26.5. The van der Waals surface area contributed by atoms with E-state index in [1.165, 1.54) is 29.2 Å². The average molecular weight is 513 g/mol. The van der Waals surface area contributed by atoms with E-state index in [1.807, 2.05) is 0 Å². The van der Waals surface area contributed by atoms with Gasteiger partial charge in [0.25, 0.3) is 0 Å². The van der Waals surface area contributed by atoms with Gasteiger partial charge in [-0.15, -0.1) is 0 Å². The molecule has 0 unspecified atom stereocenters. The summed E-state index contributed by atoms with van der Waals surface area (Å²) in [4.78, 5) is 16.1. The quantitative estimate of drug-likeness (QED) is 0.248. The summed E-state index contributed by atoms with van der Waals surface area (Å²) >= 11 is 0. The van der Waals surface area contributed by atoms with E-state index in [4.69, 9.17) is 0 Å². The standard InChI is InChI=1S/C23H15F8N5/c1-21(2,14-7-3-5-12(32-14)11-9-10-16(24)34-19(11)25)15-8-4-6-13(33-15)17-18(22(26,27)28)36-20(35-17)23(29,30)31/h3-10H,1-2H3,(H,35,36). The summed E-state index contributed by atoms with van der Waals surface area (Å²) in [6.45, 7) is 3.25. The van der Waals surface area contributed by atoms with Crippen molar-refractivity contribution in [3.8, 4) is 22.6 Å². The van der Waals surface area contributed by atoms with Crippen LogP contribution in [0.5, 0.6) is 0 Å².